The van der Waals surface area contributed by atoms with E-state index in [4.69, 9.17) is 9.15 Å². The number of oxazole rings is 1. The number of benzene rings is 3. The van der Waals surface area contributed by atoms with Crippen molar-refractivity contribution in [2.45, 2.75) is 20.8 Å². The number of ether oxygens (including phenoxy) is 1. The highest BCUT2D eigenvalue weighted by atomic mass is 16.5. The number of amides is 1. The Morgan fingerprint density at radius 1 is 0.966 bits per heavy atom. The molecular formula is C24H22N2O3. The van der Waals surface area contributed by atoms with Gasteiger partial charge in [0.1, 0.15) is 11.3 Å². The zero-order valence-electron chi connectivity index (χ0n) is 16.7. The van der Waals surface area contributed by atoms with E-state index in [0.717, 1.165) is 22.2 Å². The lowest BCUT2D eigenvalue weighted by atomic mass is 10.1. The molecule has 0 aliphatic heterocycles. The summed E-state index contributed by atoms with van der Waals surface area (Å²) >= 11 is 0. The lowest BCUT2D eigenvalue weighted by Gasteiger charge is -2.09. The Balaban J connectivity index is 1.46. The molecule has 0 saturated heterocycles. The Morgan fingerprint density at radius 2 is 1.79 bits per heavy atom. The highest BCUT2D eigenvalue weighted by Crippen LogP contribution is 2.28. The summed E-state index contributed by atoms with van der Waals surface area (Å²) < 4.78 is 11.5. The van der Waals surface area contributed by atoms with Gasteiger partial charge in [-0.1, -0.05) is 24.3 Å². The molecule has 0 atom stereocenters. The van der Waals surface area contributed by atoms with Crippen molar-refractivity contribution in [2.24, 2.45) is 0 Å². The molecular weight excluding hydrogens is 364 g/mol. The van der Waals surface area contributed by atoms with Crippen LogP contribution in [0, 0.1) is 20.8 Å². The summed E-state index contributed by atoms with van der Waals surface area (Å²) in [6.45, 7) is 6.01. The maximum Gasteiger partial charge on any atom is 0.262 e. The second kappa shape index (κ2) is 7.80. The van der Waals surface area contributed by atoms with Gasteiger partial charge in [-0.25, -0.2) is 4.98 Å². The molecule has 29 heavy (non-hydrogen) atoms. The van der Waals surface area contributed by atoms with Crippen molar-refractivity contribution in [1.82, 2.24) is 4.98 Å². The van der Waals surface area contributed by atoms with E-state index in [2.05, 4.69) is 10.3 Å². The molecule has 0 bridgehead atoms. The van der Waals surface area contributed by atoms with Crippen molar-refractivity contribution in [3.05, 3.63) is 77.4 Å². The number of aromatic nitrogens is 1. The number of carbonyl (C=O) groups excluding carboxylic acids is 1. The van der Waals surface area contributed by atoms with E-state index >= 15 is 0 Å². The number of carbonyl (C=O) groups is 1. The maximum absolute atomic E-state index is 12.3. The van der Waals surface area contributed by atoms with Crippen molar-refractivity contribution in [2.75, 3.05) is 11.9 Å². The molecule has 0 unspecified atom stereocenters. The quantitative estimate of drug-likeness (QED) is 0.496. The number of fused-ring (bicyclic) bond motifs is 1. The van der Waals surface area contributed by atoms with Gasteiger partial charge >= 0.3 is 0 Å². The second-order valence-corrected chi connectivity index (χ2v) is 7.10. The Morgan fingerprint density at radius 3 is 2.59 bits per heavy atom. The van der Waals surface area contributed by atoms with Crippen LogP contribution in [0.25, 0.3) is 22.6 Å². The van der Waals surface area contributed by atoms with Crippen LogP contribution in [0.4, 0.5) is 5.69 Å². The van der Waals surface area contributed by atoms with Crippen LogP contribution in [-0.2, 0) is 4.79 Å². The zero-order valence-corrected chi connectivity index (χ0v) is 16.7. The highest BCUT2D eigenvalue weighted by molar-refractivity contribution is 5.94. The first kappa shape index (κ1) is 18.7. The average Bonchev–Trinajstić information content (AvgIpc) is 3.12. The fraction of sp³-hybridized carbons (Fsp3) is 0.167. The van der Waals surface area contributed by atoms with E-state index in [1.54, 1.807) is 12.1 Å². The molecule has 0 radical (unpaired) electrons. The molecule has 5 heteroatoms. The van der Waals surface area contributed by atoms with Crippen LogP contribution in [0.5, 0.6) is 5.75 Å². The minimum Gasteiger partial charge on any atom is -0.484 e. The summed E-state index contributed by atoms with van der Waals surface area (Å²) in [5.74, 6) is 1.01. The number of nitrogens with one attached hydrogen (secondary N) is 1. The molecule has 1 aromatic heterocycles. The molecule has 1 N–H and O–H groups in total. The van der Waals surface area contributed by atoms with Crippen LogP contribution in [0.2, 0.25) is 0 Å². The van der Waals surface area contributed by atoms with E-state index in [1.807, 2.05) is 69.3 Å². The number of rotatable bonds is 5. The van der Waals surface area contributed by atoms with Crippen molar-refractivity contribution in [3.63, 3.8) is 0 Å². The van der Waals surface area contributed by atoms with Gasteiger partial charge in [-0.3, -0.25) is 4.79 Å². The number of hydrogen-bond donors (Lipinski definition) is 1. The Bertz CT molecular complexity index is 1190. The van der Waals surface area contributed by atoms with E-state index < -0.39 is 0 Å². The Kier molecular flexibility index (Phi) is 5.04. The molecule has 0 aliphatic rings. The van der Waals surface area contributed by atoms with Crippen molar-refractivity contribution in [1.29, 1.82) is 0 Å². The van der Waals surface area contributed by atoms with Crippen molar-refractivity contribution < 1.29 is 13.9 Å². The standard InChI is InChI=1S/C24H22N2O3/c1-15-8-10-19(12-17(15)3)28-14-23(27)25-18-9-11-21-22(13-18)29-24(26-21)20-7-5-4-6-16(20)2/h4-13H,14H2,1-3H3,(H,25,27). The Labute approximate surface area is 169 Å². The third-order valence-electron chi connectivity index (χ3n) is 4.90. The van der Waals surface area contributed by atoms with Crippen LogP contribution in [0.15, 0.2) is 65.1 Å². The Hall–Kier alpha value is -3.60. The third-order valence-corrected chi connectivity index (χ3v) is 4.90. The molecule has 3 aromatic carbocycles. The van der Waals surface area contributed by atoms with Crippen LogP contribution in [0.3, 0.4) is 0 Å². The SMILES string of the molecule is Cc1ccc(OCC(=O)Nc2ccc3nc(-c4ccccc4C)oc3c2)cc1C. The normalized spacial score (nSPS) is 10.9. The fourth-order valence-electron chi connectivity index (χ4n) is 3.08. The number of hydrogen-bond acceptors (Lipinski definition) is 4. The first-order valence-electron chi connectivity index (χ1n) is 9.46. The van der Waals surface area contributed by atoms with E-state index in [1.165, 1.54) is 5.56 Å². The molecule has 0 aliphatic carbocycles. The van der Waals surface area contributed by atoms with Gasteiger partial charge in [0, 0.05) is 17.3 Å². The summed E-state index contributed by atoms with van der Waals surface area (Å²) in [6, 6.07) is 19.1. The van der Waals surface area contributed by atoms with Crippen LogP contribution < -0.4 is 10.1 Å². The molecule has 1 heterocycles. The lowest BCUT2D eigenvalue weighted by molar-refractivity contribution is -0.118. The van der Waals surface area contributed by atoms with Crippen LogP contribution in [-0.4, -0.2) is 17.5 Å². The lowest BCUT2D eigenvalue weighted by Crippen LogP contribution is -2.20. The van der Waals surface area contributed by atoms with Gasteiger partial charge in [0.25, 0.3) is 5.91 Å². The third kappa shape index (κ3) is 4.14. The van der Waals surface area contributed by atoms with Crippen LogP contribution >= 0.6 is 0 Å². The summed E-state index contributed by atoms with van der Waals surface area (Å²) in [5, 5.41) is 2.84. The van der Waals surface area contributed by atoms with Crippen LogP contribution in [0.1, 0.15) is 16.7 Å². The molecule has 0 fully saturated rings. The molecule has 4 rings (SSSR count). The van der Waals surface area contributed by atoms with Gasteiger partial charge in [0.2, 0.25) is 5.89 Å². The number of nitrogens with zero attached hydrogens (tertiary/aromatic N) is 1. The second-order valence-electron chi connectivity index (χ2n) is 7.10. The first-order valence-corrected chi connectivity index (χ1v) is 9.46. The van der Waals surface area contributed by atoms with E-state index in [9.17, 15) is 4.79 Å². The largest absolute Gasteiger partial charge is 0.484 e. The number of anilines is 1. The molecule has 0 saturated carbocycles. The van der Waals surface area contributed by atoms with Gasteiger partial charge < -0.3 is 14.5 Å². The minimum absolute atomic E-state index is 0.0641. The average molecular weight is 386 g/mol. The first-order chi connectivity index (χ1) is 14.0. The van der Waals surface area contributed by atoms with Crippen molar-refractivity contribution in [3.8, 4) is 17.2 Å². The zero-order chi connectivity index (χ0) is 20.4. The van der Waals surface area contributed by atoms with Gasteiger partial charge in [-0.2, -0.15) is 0 Å². The monoisotopic (exact) mass is 386 g/mol. The maximum atomic E-state index is 12.3. The molecule has 146 valence electrons. The molecule has 5 nitrogen and oxygen atoms in total. The summed E-state index contributed by atoms with van der Waals surface area (Å²) in [5.41, 5.74) is 6.37. The molecule has 0 spiro atoms. The topological polar surface area (TPSA) is 64.4 Å². The number of aryl methyl sites for hydroxylation is 3. The predicted octanol–water partition coefficient (Wildman–Crippen LogP) is 5.44. The van der Waals surface area contributed by atoms with Gasteiger partial charge in [0.05, 0.1) is 0 Å². The predicted molar refractivity (Wildman–Crippen MR) is 114 cm³/mol. The van der Waals surface area contributed by atoms with Gasteiger partial charge in [-0.05, 0) is 67.8 Å². The fourth-order valence-corrected chi connectivity index (χ4v) is 3.08. The van der Waals surface area contributed by atoms with Crippen molar-refractivity contribution >= 4 is 22.7 Å². The van der Waals surface area contributed by atoms with Gasteiger partial charge in [0.15, 0.2) is 12.2 Å². The van der Waals surface area contributed by atoms with Gasteiger partial charge in [-0.15, -0.1) is 0 Å². The highest BCUT2D eigenvalue weighted by Gasteiger charge is 2.12. The molecule has 4 aromatic rings. The summed E-state index contributed by atoms with van der Waals surface area (Å²) in [6.07, 6.45) is 0. The summed E-state index contributed by atoms with van der Waals surface area (Å²) in [4.78, 5) is 16.8. The van der Waals surface area contributed by atoms with E-state index in [0.29, 0.717) is 22.9 Å². The van der Waals surface area contributed by atoms with E-state index in [-0.39, 0.29) is 12.5 Å². The minimum atomic E-state index is -0.235. The molecule has 1 amide bonds. The summed E-state index contributed by atoms with van der Waals surface area (Å²) in [7, 11) is 0. The smallest absolute Gasteiger partial charge is 0.262 e.